The lowest BCUT2D eigenvalue weighted by atomic mass is 10.1. The summed E-state index contributed by atoms with van der Waals surface area (Å²) in [5.74, 6) is -0.845. The number of nitrogens with zero attached hydrogens (tertiary/aromatic N) is 1. The molecule has 2 atom stereocenters. The molecular formula is C17H14BrNO3S. The lowest BCUT2D eigenvalue weighted by Crippen LogP contribution is -2.42. The first-order valence-corrected chi connectivity index (χ1v) is 8.89. The molecule has 1 fully saturated rings. The molecular weight excluding hydrogens is 378 g/mol. The maximum absolute atomic E-state index is 12.9. The molecule has 0 radical (unpaired) electrons. The minimum Gasteiger partial charge on any atom is -0.480 e. The number of carbonyl (C=O) groups is 2. The van der Waals surface area contributed by atoms with Crippen LogP contribution in [0.2, 0.25) is 0 Å². The SMILES string of the molecule is O=C(O)[C@H]1CS[C@@H](c2ccccc2)N1C(=O)c1ccc(Br)cc1. The Morgan fingerprint density at radius 3 is 2.35 bits per heavy atom. The molecule has 23 heavy (non-hydrogen) atoms. The van der Waals surface area contributed by atoms with E-state index in [9.17, 15) is 14.7 Å². The van der Waals surface area contributed by atoms with Crippen LogP contribution in [-0.4, -0.2) is 33.7 Å². The molecule has 0 saturated carbocycles. The second-order valence-corrected chi connectivity index (χ2v) is 7.20. The van der Waals surface area contributed by atoms with Gasteiger partial charge in [0.1, 0.15) is 11.4 Å². The van der Waals surface area contributed by atoms with Gasteiger partial charge in [-0.25, -0.2) is 4.79 Å². The Labute approximate surface area is 146 Å². The molecule has 0 bridgehead atoms. The molecule has 1 amide bonds. The zero-order valence-electron chi connectivity index (χ0n) is 12.1. The van der Waals surface area contributed by atoms with Gasteiger partial charge in [-0.1, -0.05) is 46.3 Å². The minimum atomic E-state index is -0.971. The highest BCUT2D eigenvalue weighted by Crippen LogP contribution is 2.42. The van der Waals surface area contributed by atoms with E-state index in [0.29, 0.717) is 11.3 Å². The van der Waals surface area contributed by atoms with Crippen molar-refractivity contribution in [3.05, 3.63) is 70.2 Å². The van der Waals surface area contributed by atoms with Crippen LogP contribution in [-0.2, 0) is 4.79 Å². The van der Waals surface area contributed by atoms with Crippen LogP contribution in [0.25, 0.3) is 0 Å². The van der Waals surface area contributed by atoms with Gasteiger partial charge in [0, 0.05) is 15.8 Å². The highest BCUT2D eigenvalue weighted by atomic mass is 79.9. The van der Waals surface area contributed by atoms with Crippen molar-refractivity contribution in [2.24, 2.45) is 0 Å². The van der Waals surface area contributed by atoms with E-state index < -0.39 is 12.0 Å². The van der Waals surface area contributed by atoms with Crippen LogP contribution in [0, 0.1) is 0 Å². The molecule has 2 aromatic rings. The van der Waals surface area contributed by atoms with Gasteiger partial charge in [0.15, 0.2) is 0 Å². The molecule has 3 rings (SSSR count). The quantitative estimate of drug-likeness (QED) is 0.864. The Kier molecular flexibility index (Phi) is 4.73. The fourth-order valence-electron chi connectivity index (χ4n) is 2.56. The van der Waals surface area contributed by atoms with Gasteiger partial charge >= 0.3 is 5.97 Å². The molecule has 1 heterocycles. The van der Waals surface area contributed by atoms with Crippen LogP contribution in [0.3, 0.4) is 0 Å². The van der Waals surface area contributed by atoms with Crippen molar-refractivity contribution in [2.75, 3.05) is 5.75 Å². The normalized spacial score (nSPS) is 20.5. The number of carbonyl (C=O) groups excluding carboxylic acids is 1. The molecule has 0 spiro atoms. The second-order valence-electron chi connectivity index (χ2n) is 5.17. The monoisotopic (exact) mass is 391 g/mol. The average molecular weight is 392 g/mol. The topological polar surface area (TPSA) is 57.6 Å². The minimum absolute atomic E-state index is 0.260. The third-order valence-corrected chi connectivity index (χ3v) is 5.55. The van der Waals surface area contributed by atoms with Gasteiger partial charge in [-0.3, -0.25) is 4.79 Å². The molecule has 6 heteroatoms. The first-order chi connectivity index (χ1) is 11.1. The zero-order valence-corrected chi connectivity index (χ0v) is 14.5. The van der Waals surface area contributed by atoms with Gasteiger partial charge in [-0.05, 0) is 29.8 Å². The summed E-state index contributed by atoms with van der Waals surface area (Å²) >= 11 is 4.82. The molecule has 118 valence electrons. The van der Waals surface area contributed by atoms with E-state index in [-0.39, 0.29) is 11.3 Å². The highest BCUT2D eigenvalue weighted by molar-refractivity contribution is 9.10. The average Bonchev–Trinajstić information content (AvgIpc) is 3.01. The van der Waals surface area contributed by atoms with Gasteiger partial charge in [0.05, 0.1) is 0 Å². The molecule has 1 N–H and O–H groups in total. The van der Waals surface area contributed by atoms with E-state index in [1.165, 1.54) is 16.7 Å². The predicted octanol–water partition coefficient (Wildman–Crippen LogP) is 3.79. The van der Waals surface area contributed by atoms with E-state index in [4.69, 9.17) is 0 Å². The van der Waals surface area contributed by atoms with Gasteiger partial charge in [-0.2, -0.15) is 0 Å². The summed E-state index contributed by atoms with van der Waals surface area (Å²) in [4.78, 5) is 25.9. The summed E-state index contributed by atoms with van der Waals surface area (Å²) in [6.45, 7) is 0. The Hall–Kier alpha value is -1.79. The number of hydrogen-bond acceptors (Lipinski definition) is 3. The standard InChI is InChI=1S/C17H14BrNO3S/c18-13-8-6-11(7-9-13)15(20)19-14(17(21)22)10-23-16(19)12-4-2-1-3-5-12/h1-9,14,16H,10H2,(H,21,22)/t14-,16+/m1/s1. The molecule has 1 saturated heterocycles. The van der Waals surface area contributed by atoms with E-state index in [0.717, 1.165) is 10.0 Å². The van der Waals surface area contributed by atoms with E-state index in [1.807, 2.05) is 30.3 Å². The van der Waals surface area contributed by atoms with Crippen LogP contribution >= 0.6 is 27.7 Å². The summed E-state index contributed by atoms with van der Waals surface area (Å²) < 4.78 is 0.874. The van der Waals surface area contributed by atoms with Crippen molar-refractivity contribution in [1.82, 2.24) is 4.90 Å². The number of aliphatic carboxylic acids is 1. The van der Waals surface area contributed by atoms with Crippen molar-refractivity contribution in [1.29, 1.82) is 0 Å². The Morgan fingerprint density at radius 1 is 1.09 bits per heavy atom. The van der Waals surface area contributed by atoms with Crippen molar-refractivity contribution in [3.8, 4) is 0 Å². The Morgan fingerprint density at radius 2 is 1.74 bits per heavy atom. The first-order valence-electron chi connectivity index (χ1n) is 7.05. The van der Waals surface area contributed by atoms with Gasteiger partial charge in [0.25, 0.3) is 5.91 Å². The Balaban J connectivity index is 1.97. The number of rotatable bonds is 3. The van der Waals surface area contributed by atoms with E-state index in [1.54, 1.807) is 24.3 Å². The van der Waals surface area contributed by atoms with E-state index >= 15 is 0 Å². The summed E-state index contributed by atoms with van der Waals surface area (Å²) in [6.07, 6.45) is 0. The molecule has 4 nitrogen and oxygen atoms in total. The number of carboxylic acids is 1. The fourth-order valence-corrected chi connectivity index (χ4v) is 4.25. The third-order valence-electron chi connectivity index (χ3n) is 3.70. The highest BCUT2D eigenvalue weighted by Gasteiger charge is 2.42. The number of halogens is 1. The van der Waals surface area contributed by atoms with Crippen molar-refractivity contribution < 1.29 is 14.7 Å². The first kappa shape index (κ1) is 16.1. The number of benzene rings is 2. The summed E-state index contributed by atoms with van der Waals surface area (Å²) in [6, 6.07) is 15.7. The smallest absolute Gasteiger partial charge is 0.327 e. The van der Waals surface area contributed by atoms with Crippen molar-refractivity contribution >= 4 is 39.6 Å². The summed E-state index contributed by atoms with van der Waals surface area (Å²) in [7, 11) is 0. The molecule has 0 unspecified atom stereocenters. The number of amides is 1. The van der Waals surface area contributed by atoms with Gasteiger partial charge < -0.3 is 10.0 Å². The molecule has 1 aliphatic heterocycles. The number of hydrogen-bond donors (Lipinski definition) is 1. The maximum atomic E-state index is 12.9. The molecule has 0 aliphatic carbocycles. The van der Waals surface area contributed by atoms with E-state index in [2.05, 4.69) is 15.9 Å². The molecule has 0 aromatic heterocycles. The fraction of sp³-hybridized carbons (Fsp3) is 0.176. The number of thioether (sulfide) groups is 1. The van der Waals surface area contributed by atoms with Crippen LogP contribution in [0.15, 0.2) is 59.1 Å². The van der Waals surface area contributed by atoms with Crippen molar-refractivity contribution in [2.45, 2.75) is 11.4 Å². The number of carboxylic acid groups (broad SMARTS) is 1. The molecule has 1 aliphatic rings. The summed E-state index contributed by atoms with van der Waals surface area (Å²) in [5.41, 5.74) is 1.43. The van der Waals surface area contributed by atoms with Gasteiger partial charge in [0.2, 0.25) is 0 Å². The maximum Gasteiger partial charge on any atom is 0.327 e. The van der Waals surface area contributed by atoms with Crippen molar-refractivity contribution in [3.63, 3.8) is 0 Å². The van der Waals surface area contributed by atoms with Gasteiger partial charge in [-0.15, -0.1) is 11.8 Å². The zero-order chi connectivity index (χ0) is 16.4. The van der Waals surface area contributed by atoms with Crippen LogP contribution in [0.4, 0.5) is 0 Å². The molecule has 2 aromatic carbocycles. The second kappa shape index (κ2) is 6.76. The van der Waals surface area contributed by atoms with Crippen LogP contribution < -0.4 is 0 Å². The predicted molar refractivity (Wildman–Crippen MR) is 93.4 cm³/mol. The lowest BCUT2D eigenvalue weighted by molar-refractivity contribution is -0.141. The lowest BCUT2D eigenvalue weighted by Gasteiger charge is -2.27. The summed E-state index contributed by atoms with van der Waals surface area (Å²) in [5, 5.41) is 9.19. The van der Waals surface area contributed by atoms with Crippen LogP contribution in [0.1, 0.15) is 21.3 Å². The largest absolute Gasteiger partial charge is 0.480 e. The Bertz CT molecular complexity index is 720. The van der Waals surface area contributed by atoms with Crippen LogP contribution in [0.5, 0.6) is 0 Å². The third kappa shape index (κ3) is 3.28.